The van der Waals surface area contributed by atoms with Crippen LogP contribution in [0, 0.1) is 0 Å². The normalized spacial score (nSPS) is 12.3. The van der Waals surface area contributed by atoms with E-state index < -0.39 is 0 Å². The molecule has 0 aromatic carbocycles. The SMILES string of the molecule is CCC(Nc1ccccn1)c1nccs1. The molecular formula is C11H13N3S. The number of pyridine rings is 1. The Morgan fingerprint density at radius 1 is 1.33 bits per heavy atom. The van der Waals surface area contributed by atoms with Crippen LogP contribution in [0.4, 0.5) is 5.82 Å². The fourth-order valence-electron chi connectivity index (χ4n) is 1.37. The summed E-state index contributed by atoms with van der Waals surface area (Å²) in [5.74, 6) is 0.902. The second kappa shape index (κ2) is 4.89. The van der Waals surface area contributed by atoms with Crippen LogP contribution < -0.4 is 5.32 Å². The number of hydrogen-bond donors (Lipinski definition) is 1. The molecule has 2 aromatic heterocycles. The third-order valence-corrected chi connectivity index (χ3v) is 3.03. The molecule has 0 amide bonds. The van der Waals surface area contributed by atoms with Gasteiger partial charge in [-0.1, -0.05) is 13.0 Å². The van der Waals surface area contributed by atoms with E-state index in [1.54, 1.807) is 17.5 Å². The third-order valence-electron chi connectivity index (χ3n) is 2.14. The number of aromatic nitrogens is 2. The monoisotopic (exact) mass is 219 g/mol. The summed E-state index contributed by atoms with van der Waals surface area (Å²) in [6.45, 7) is 2.14. The predicted octanol–water partition coefficient (Wildman–Crippen LogP) is 3.10. The fourth-order valence-corrected chi connectivity index (χ4v) is 2.14. The molecule has 2 aromatic rings. The first-order valence-corrected chi connectivity index (χ1v) is 5.85. The first-order valence-electron chi connectivity index (χ1n) is 4.97. The van der Waals surface area contributed by atoms with Gasteiger partial charge in [-0.3, -0.25) is 0 Å². The van der Waals surface area contributed by atoms with Gasteiger partial charge in [0, 0.05) is 17.8 Å². The van der Waals surface area contributed by atoms with Crippen molar-refractivity contribution in [1.82, 2.24) is 9.97 Å². The highest BCUT2D eigenvalue weighted by atomic mass is 32.1. The highest BCUT2D eigenvalue weighted by Crippen LogP contribution is 2.22. The molecular weight excluding hydrogens is 206 g/mol. The lowest BCUT2D eigenvalue weighted by molar-refractivity contribution is 0.737. The summed E-state index contributed by atoms with van der Waals surface area (Å²) in [7, 11) is 0. The van der Waals surface area contributed by atoms with Gasteiger partial charge in [0.25, 0.3) is 0 Å². The van der Waals surface area contributed by atoms with Crippen molar-refractivity contribution >= 4 is 17.2 Å². The van der Waals surface area contributed by atoms with Crippen LogP contribution in [0.2, 0.25) is 0 Å². The second-order valence-corrected chi connectivity index (χ2v) is 4.12. The molecule has 0 fully saturated rings. The van der Waals surface area contributed by atoms with Crippen molar-refractivity contribution in [3.63, 3.8) is 0 Å². The third kappa shape index (κ3) is 2.53. The molecule has 1 atom stereocenters. The largest absolute Gasteiger partial charge is 0.361 e. The minimum Gasteiger partial charge on any atom is -0.361 e. The summed E-state index contributed by atoms with van der Waals surface area (Å²) >= 11 is 1.67. The zero-order valence-corrected chi connectivity index (χ0v) is 9.37. The van der Waals surface area contributed by atoms with Crippen LogP contribution in [0.3, 0.4) is 0 Å². The molecule has 4 heteroatoms. The van der Waals surface area contributed by atoms with Crippen molar-refractivity contribution in [2.24, 2.45) is 0 Å². The minimum atomic E-state index is 0.264. The zero-order valence-electron chi connectivity index (χ0n) is 8.55. The Hall–Kier alpha value is -1.42. The van der Waals surface area contributed by atoms with Gasteiger partial charge in [0.1, 0.15) is 10.8 Å². The molecule has 78 valence electrons. The standard InChI is InChI=1S/C11H13N3S/c1-2-9(11-13-7-8-15-11)14-10-5-3-4-6-12-10/h3-9H,2H2,1H3,(H,12,14). The van der Waals surface area contributed by atoms with Crippen LogP contribution in [0.1, 0.15) is 24.4 Å². The first kappa shape index (κ1) is 10.1. The lowest BCUT2D eigenvalue weighted by atomic mass is 10.2. The van der Waals surface area contributed by atoms with Gasteiger partial charge in [-0.2, -0.15) is 0 Å². The molecule has 0 radical (unpaired) electrons. The molecule has 0 aliphatic heterocycles. The molecule has 15 heavy (non-hydrogen) atoms. The smallest absolute Gasteiger partial charge is 0.126 e. The lowest BCUT2D eigenvalue weighted by Crippen LogP contribution is -2.10. The van der Waals surface area contributed by atoms with Crippen LogP contribution in [-0.4, -0.2) is 9.97 Å². The van der Waals surface area contributed by atoms with Crippen molar-refractivity contribution in [3.8, 4) is 0 Å². The van der Waals surface area contributed by atoms with Gasteiger partial charge in [0.05, 0.1) is 6.04 Å². The molecule has 2 heterocycles. The summed E-state index contributed by atoms with van der Waals surface area (Å²) in [5, 5.41) is 6.48. The van der Waals surface area contributed by atoms with Gasteiger partial charge in [-0.25, -0.2) is 9.97 Å². The summed E-state index contributed by atoms with van der Waals surface area (Å²) < 4.78 is 0. The molecule has 0 bridgehead atoms. The molecule has 0 aliphatic rings. The second-order valence-electron chi connectivity index (χ2n) is 3.19. The lowest BCUT2D eigenvalue weighted by Gasteiger charge is -2.14. The van der Waals surface area contributed by atoms with Gasteiger partial charge in [0.15, 0.2) is 0 Å². The van der Waals surface area contributed by atoms with Gasteiger partial charge in [0.2, 0.25) is 0 Å². The highest BCUT2D eigenvalue weighted by Gasteiger charge is 2.11. The van der Waals surface area contributed by atoms with Gasteiger partial charge in [-0.15, -0.1) is 11.3 Å². The Morgan fingerprint density at radius 3 is 2.87 bits per heavy atom. The van der Waals surface area contributed by atoms with Crippen molar-refractivity contribution in [2.45, 2.75) is 19.4 Å². The number of nitrogens with zero attached hydrogens (tertiary/aromatic N) is 2. The van der Waals surface area contributed by atoms with E-state index in [1.807, 2.05) is 29.8 Å². The number of nitrogens with one attached hydrogen (secondary N) is 1. The van der Waals surface area contributed by atoms with E-state index in [1.165, 1.54) is 0 Å². The predicted molar refractivity (Wildman–Crippen MR) is 63.0 cm³/mol. The molecule has 1 N–H and O–H groups in total. The summed E-state index contributed by atoms with van der Waals surface area (Å²) in [6.07, 6.45) is 4.63. The maximum Gasteiger partial charge on any atom is 0.126 e. The number of thiazole rings is 1. The molecule has 0 spiro atoms. The van der Waals surface area contributed by atoms with E-state index in [-0.39, 0.29) is 6.04 Å². The van der Waals surface area contributed by atoms with E-state index in [0.29, 0.717) is 0 Å². The van der Waals surface area contributed by atoms with Crippen molar-refractivity contribution in [1.29, 1.82) is 0 Å². The number of anilines is 1. The Labute approximate surface area is 93.2 Å². The average molecular weight is 219 g/mol. The topological polar surface area (TPSA) is 37.8 Å². The summed E-state index contributed by atoms with van der Waals surface area (Å²) in [4.78, 5) is 8.55. The minimum absolute atomic E-state index is 0.264. The average Bonchev–Trinajstić information content (AvgIpc) is 2.81. The zero-order chi connectivity index (χ0) is 10.5. The van der Waals surface area contributed by atoms with E-state index in [4.69, 9.17) is 0 Å². The Morgan fingerprint density at radius 2 is 2.27 bits per heavy atom. The van der Waals surface area contributed by atoms with Crippen LogP contribution in [0.25, 0.3) is 0 Å². The van der Waals surface area contributed by atoms with Crippen molar-refractivity contribution in [2.75, 3.05) is 5.32 Å². The summed E-state index contributed by atoms with van der Waals surface area (Å²) in [6, 6.07) is 6.12. The van der Waals surface area contributed by atoms with Crippen LogP contribution in [0.5, 0.6) is 0 Å². The van der Waals surface area contributed by atoms with Crippen LogP contribution in [-0.2, 0) is 0 Å². The molecule has 1 unspecified atom stereocenters. The highest BCUT2D eigenvalue weighted by molar-refractivity contribution is 7.09. The molecule has 0 aliphatic carbocycles. The number of hydrogen-bond acceptors (Lipinski definition) is 4. The number of rotatable bonds is 4. The van der Waals surface area contributed by atoms with E-state index in [0.717, 1.165) is 17.2 Å². The van der Waals surface area contributed by atoms with Crippen molar-refractivity contribution < 1.29 is 0 Å². The molecule has 0 saturated heterocycles. The fraction of sp³-hybridized carbons (Fsp3) is 0.273. The van der Waals surface area contributed by atoms with E-state index in [9.17, 15) is 0 Å². The maximum atomic E-state index is 4.31. The van der Waals surface area contributed by atoms with Crippen LogP contribution in [0.15, 0.2) is 36.0 Å². The first-order chi connectivity index (χ1) is 7.40. The van der Waals surface area contributed by atoms with Gasteiger partial charge >= 0.3 is 0 Å². The van der Waals surface area contributed by atoms with Crippen molar-refractivity contribution in [3.05, 3.63) is 41.0 Å². The Bertz CT molecular complexity index is 385. The summed E-state index contributed by atoms with van der Waals surface area (Å²) in [5.41, 5.74) is 0. The molecule has 0 saturated carbocycles. The Balaban J connectivity index is 2.10. The van der Waals surface area contributed by atoms with E-state index >= 15 is 0 Å². The van der Waals surface area contributed by atoms with Gasteiger partial charge in [-0.05, 0) is 18.6 Å². The van der Waals surface area contributed by atoms with Gasteiger partial charge < -0.3 is 5.32 Å². The van der Waals surface area contributed by atoms with Crippen LogP contribution >= 0.6 is 11.3 Å². The molecule has 3 nitrogen and oxygen atoms in total. The quantitative estimate of drug-likeness (QED) is 0.858. The Kier molecular flexibility index (Phi) is 3.29. The maximum absolute atomic E-state index is 4.31. The van der Waals surface area contributed by atoms with E-state index in [2.05, 4.69) is 22.2 Å². The molecule has 2 rings (SSSR count).